The average molecular weight is 433 g/mol. The number of nitrogens with one attached hydrogen (secondary N) is 1. The number of benzene rings is 2. The van der Waals surface area contributed by atoms with E-state index in [1.165, 1.54) is 16.8 Å². The molecule has 8 heteroatoms. The first-order valence-electron chi connectivity index (χ1n) is 9.49. The minimum Gasteiger partial charge on any atom is -0.321 e. The molecule has 0 radical (unpaired) electrons. The first kappa shape index (κ1) is 20.5. The Kier molecular flexibility index (Phi) is 5.39. The van der Waals surface area contributed by atoms with Crippen LogP contribution in [-0.2, 0) is 16.9 Å². The number of para-hydroxylation sites is 1. The van der Waals surface area contributed by atoms with Gasteiger partial charge in [-0.25, -0.2) is 8.42 Å². The Morgan fingerprint density at radius 1 is 0.903 bits per heavy atom. The average Bonchev–Trinajstić information content (AvgIpc) is 3.12. The van der Waals surface area contributed by atoms with Crippen LogP contribution in [0.1, 0.15) is 10.5 Å². The second-order valence-electron chi connectivity index (χ2n) is 7.05. The predicted octanol–water partition coefficient (Wildman–Crippen LogP) is 3.80. The molecule has 0 spiro atoms. The largest absolute Gasteiger partial charge is 0.321 e. The molecule has 0 aliphatic rings. The van der Waals surface area contributed by atoms with Crippen molar-refractivity contribution in [1.82, 2.24) is 14.8 Å². The molecule has 0 saturated heterocycles. The molecule has 0 aliphatic heterocycles. The summed E-state index contributed by atoms with van der Waals surface area (Å²) in [5.74, 6) is -0.316. The number of anilines is 1. The van der Waals surface area contributed by atoms with Crippen molar-refractivity contribution in [2.24, 2.45) is 7.05 Å². The Balaban J connectivity index is 1.87. The van der Waals surface area contributed by atoms with Gasteiger partial charge in [-0.1, -0.05) is 30.3 Å². The van der Waals surface area contributed by atoms with Crippen LogP contribution in [0.5, 0.6) is 0 Å². The zero-order chi connectivity index (χ0) is 22.0. The highest BCUT2D eigenvalue weighted by molar-refractivity contribution is 7.90. The van der Waals surface area contributed by atoms with Crippen molar-refractivity contribution in [2.45, 2.75) is 4.90 Å². The van der Waals surface area contributed by atoms with Gasteiger partial charge in [0.2, 0.25) is 0 Å². The van der Waals surface area contributed by atoms with Crippen molar-refractivity contribution >= 4 is 21.4 Å². The number of amides is 1. The van der Waals surface area contributed by atoms with E-state index in [1.54, 1.807) is 43.7 Å². The van der Waals surface area contributed by atoms with Crippen molar-refractivity contribution in [3.8, 4) is 22.4 Å². The fraction of sp³-hybridized carbons (Fsp3) is 0.0870. The van der Waals surface area contributed by atoms with Crippen molar-refractivity contribution in [3.63, 3.8) is 0 Å². The number of rotatable bonds is 5. The van der Waals surface area contributed by atoms with Crippen LogP contribution in [-0.4, -0.2) is 35.3 Å². The third-order valence-corrected chi connectivity index (χ3v) is 5.95. The van der Waals surface area contributed by atoms with Gasteiger partial charge in [0.15, 0.2) is 9.84 Å². The number of aryl methyl sites for hydroxylation is 1. The van der Waals surface area contributed by atoms with Gasteiger partial charge in [0.1, 0.15) is 11.4 Å². The quantitative estimate of drug-likeness (QED) is 0.518. The molecule has 0 unspecified atom stereocenters. The van der Waals surface area contributed by atoms with Crippen LogP contribution in [0.4, 0.5) is 5.69 Å². The highest BCUT2D eigenvalue weighted by Crippen LogP contribution is 2.35. The van der Waals surface area contributed by atoms with Gasteiger partial charge < -0.3 is 5.32 Å². The first-order chi connectivity index (χ1) is 14.8. The van der Waals surface area contributed by atoms with Gasteiger partial charge in [-0.3, -0.25) is 14.5 Å². The maximum absolute atomic E-state index is 13.2. The normalized spacial score (nSPS) is 11.3. The van der Waals surface area contributed by atoms with Gasteiger partial charge in [0.05, 0.1) is 4.90 Å². The predicted molar refractivity (Wildman–Crippen MR) is 119 cm³/mol. The fourth-order valence-corrected chi connectivity index (χ4v) is 3.98. The summed E-state index contributed by atoms with van der Waals surface area (Å²) in [6.45, 7) is 0. The molecule has 0 bridgehead atoms. The topological polar surface area (TPSA) is 93.9 Å². The lowest BCUT2D eigenvalue weighted by Gasteiger charge is -2.10. The van der Waals surface area contributed by atoms with Gasteiger partial charge in [-0.15, -0.1) is 0 Å². The first-order valence-corrected chi connectivity index (χ1v) is 11.4. The maximum atomic E-state index is 13.2. The Bertz CT molecular complexity index is 1330. The van der Waals surface area contributed by atoms with Crippen LogP contribution in [0, 0.1) is 0 Å². The van der Waals surface area contributed by atoms with E-state index in [0.29, 0.717) is 28.2 Å². The van der Waals surface area contributed by atoms with Gasteiger partial charge in [-0.05, 0) is 42.0 Å². The summed E-state index contributed by atoms with van der Waals surface area (Å²) in [5.41, 5.74) is 3.73. The lowest BCUT2D eigenvalue weighted by molar-refractivity contribution is 0.101. The van der Waals surface area contributed by atoms with Crippen LogP contribution >= 0.6 is 0 Å². The number of sulfone groups is 1. The van der Waals surface area contributed by atoms with E-state index in [2.05, 4.69) is 15.4 Å². The monoisotopic (exact) mass is 432 g/mol. The zero-order valence-corrected chi connectivity index (χ0v) is 17.8. The van der Waals surface area contributed by atoms with E-state index < -0.39 is 9.84 Å². The number of pyridine rings is 1. The molecule has 31 heavy (non-hydrogen) atoms. The Hall–Kier alpha value is -3.78. The van der Waals surface area contributed by atoms with Crippen molar-refractivity contribution < 1.29 is 13.2 Å². The third kappa shape index (κ3) is 4.24. The van der Waals surface area contributed by atoms with Gasteiger partial charge in [-0.2, -0.15) is 5.10 Å². The van der Waals surface area contributed by atoms with E-state index in [-0.39, 0.29) is 10.8 Å². The molecule has 1 N–H and O–H groups in total. The van der Waals surface area contributed by atoms with Crippen LogP contribution in [0.25, 0.3) is 22.4 Å². The number of hydrogen-bond donors (Lipinski definition) is 1. The summed E-state index contributed by atoms with van der Waals surface area (Å²) >= 11 is 0. The minimum absolute atomic E-state index is 0.209. The Morgan fingerprint density at radius 3 is 2.16 bits per heavy atom. The number of carbonyl (C=O) groups excluding carboxylic acids is 1. The molecular formula is C23H20N4O3S. The molecule has 0 atom stereocenters. The summed E-state index contributed by atoms with van der Waals surface area (Å²) in [7, 11) is -1.63. The molecule has 4 rings (SSSR count). The van der Waals surface area contributed by atoms with Crippen molar-refractivity contribution in [3.05, 3.63) is 84.8 Å². The molecule has 156 valence electrons. The highest BCUT2D eigenvalue weighted by atomic mass is 32.2. The molecule has 2 aromatic heterocycles. The van der Waals surface area contributed by atoms with Crippen molar-refractivity contribution in [2.75, 3.05) is 11.6 Å². The highest BCUT2D eigenvalue weighted by Gasteiger charge is 2.24. The molecule has 0 fully saturated rings. The number of hydrogen-bond acceptors (Lipinski definition) is 5. The number of nitrogens with zero attached hydrogens (tertiary/aromatic N) is 3. The number of aromatic nitrogens is 3. The summed E-state index contributed by atoms with van der Waals surface area (Å²) < 4.78 is 25.3. The van der Waals surface area contributed by atoms with Gasteiger partial charge >= 0.3 is 0 Å². The molecule has 0 saturated carbocycles. The standard InChI is InChI=1S/C23H20N4O3S/c1-27-22(23(28)25-18-6-4-3-5-7-18)20(21(26-27)17-12-14-24-15-13-17)16-8-10-19(11-9-16)31(2,29)30/h3-15H,1-2H3,(H,25,28). The lowest BCUT2D eigenvalue weighted by atomic mass is 9.99. The molecule has 2 aromatic carbocycles. The van der Waals surface area contributed by atoms with E-state index in [4.69, 9.17) is 0 Å². The van der Waals surface area contributed by atoms with Crippen LogP contribution in [0.15, 0.2) is 84.0 Å². The molecule has 1 amide bonds. The molecular weight excluding hydrogens is 412 g/mol. The second-order valence-corrected chi connectivity index (χ2v) is 9.06. The van der Waals surface area contributed by atoms with E-state index in [0.717, 1.165) is 11.8 Å². The van der Waals surface area contributed by atoms with Crippen LogP contribution in [0.3, 0.4) is 0 Å². The third-order valence-electron chi connectivity index (χ3n) is 4.82. The molecule has 2 heterocycles. The van der Waals surface area contributed by atoms with Crippen LogP contribution < -0.4 is 5.32 Å². The molecule has 0 aliphatic carbocycles. The Labute approximate surface area is 180 Å². The summed E-state index contributed by atoms with van der Waals surface area (Å²) in [6.07, 6.45) is 4.47. The lowest BCUT2D eigenvalue weighted by Crippen LogP contribution is -2.17. The van der Waals surface area contributed by atoms with E-state index in [9.17, 15) is 13.2 Å². The summed E-state index contributed by atoms with van der Waals surface area (Å²) in [4.78, 5) is 17.5. The smallest absolute Gasteiger partial charge is 0.274 e. The maximum Gasteiger partial charge on any atom is 0.274 e. The number of carbonyl (C=O) groups is 1. The van der Waals surface area contributed by atoms with Crippen molar-refractivity contribution in [1.29, 1.82) is 0 Å². The Morgan fingerprint density at radius 2 is 1.55 bits per heavy atom. The molecule has 7 nitrogen and oxygen atoms in total. The van der Waals surface area contributed by atoms with Crippen LogP contribution in [0.2, 0.25) is 0 Å². The molecule has 4 aromatic rings. The zero-order valence-electron chi connectivity index (χ0n) is 17.0. The summed E-state index contributed by atoms with van der Waals surface area (Å²) in [6, 6.07) is 19.2. The minimum atomic E-state index is -3.33. The SMILES string of the molecule is Cn1nc(-c2ccncc2)c(-c2ccc(S(C)(=O)=O)cc2)c1C(=O)Nc1ccccc1. The summed E-state index contributed by atoms with van der Waals surface area (Å²) in [5, 5.41) is 7.50. The van der Waals surface area contributed by atoms with Gasteiger partial charge in [0.25, 0.3) is 5.91 Å². The second kappa shape index (κ2) is 8.16. The van der Waals surface area contributed by atoms with E-state index in [1.807, 2.05) is 30.3 Å². The fourth-order valence-electron chi connectivity index (χ4n) is 3.35. The van der Waals surface area contributed by atoms with E-state index >= 15 is 0 Å². The van der Waals surface area contributed by atoms with Gasteiger partial charge in [0, 0.05) is 42.5 Å².